The van der Waals surface area contributed by atoms with Crippen LogP contribution in [-0.2, 0) is 14.3 Å². The van der Waals surface area contributed by atoms with Crippen molar-refractivity contribution in [2.45, 2.75) is 6.42 Å². The average molecular weight is 419 g/mol. The Labute approximate surface area is 170 Å². The van der Waals surface area contributed by atoms with Crippen molar-refractivity contribution in [3.63, 3.8) is 0 Å². The number of halogens is 2. The molecule has 0 fully saturated rings. The zero-order valence-electron chi connectivity index (χ0n) is 16.0. The molecule has 0 saturated carbocycles. The van der Waals surface area contributed by atoms with Crippen molar-refractivity contribution in [1.29, 1.82) is 0 Å². The van der Waals surface area contributed by atoms with Crippen molar-refractivity contribution in [3.8, 4) is 0 Å². The first-order chi connectivity index (χ1) is 14.3. The monoisotopic (exact) mass is 419 g/mol. The number of ether oxygens (including phenoxy) is 1. The van der Waals surface area contributed by atoms with E-state index in [1.807, 2.05) is 0 Å². The molecule has 0 heterocycles. The Hall–Kier alpha value is -3.82. The number of esters is 1. The molecule has 0 aliphatic rings. The van der Waals surface area contributed by atoms with Crippen LogP contribution in [0.15, 0.2) is 42.5 Å². The highest BCUT2D eigenvalue weighted by atomic mass is 19.1. The Morgan fingerprint density at radius 1 is 0.933 bits per heavy atom. The third kappa shape index (κ3) is 6.66. The minimum absolute atomic E-state index is 0.0600. The van der Waals surface area contributed by atoms with E-state index in [1.54, 1.807) is 0 Å². The first kappa shape index (κ1) is 22.5. The van der Waals surface area contributed by atoms with Crippen molar-refractivity contribution in [2.24, 2.45) is 0 Å². The Balaban J connectivity index is 1.78. The van der Waals surface area contributed by atoms with E-state index in [0.717, 1.165) is 12.1 Å². The van der Waals surface area contributed by atoms with E-state index in [-0.39, 0.29) is 30.6 Å². The van der Waals surface area contributed by atoms with Crippen molar-refractivity contribution in [3.05, 3.63) is 65.2 Å². The molecule has 0 spiro atoms. The minimum atomic E-state index is -0.993. The second-order valence-electron chi connectivity index (χ2n) is 6.01. The maximum atomic E-state index is 13.5. The number of nitrogens with one attached hydrogen (secondary N) is 3. The van der Waals surface area contributed by atoms with Gasteiger partial charge in [0.1, 0.15) is 18.2 Å². The van der Waals surface area contributed by atoms with Crippen LogP contribution in [0.3, 0.4) is 0 Å². The molecule has 2 aromatic rings. The first-order valence-corrected chi connectivity index (χ1v) is 8.78. The van der Waals surface area contributed by atoms with Gasteiger partial charge in [-0.1, -0.05) is 0 Å². The van der Waals surface area contributed by atoms with Gasteiger partial charge in [-0.15, -0.1) is 0 Å². The molecule has 0 saturated heterocycles. The average Bonchev–Trinajstić information content (AvgIpc) is 2.72. The van der Waals surface area contributed by atoms with Crippen LogP contribution in [-0.4, -0.2) is 43.9 Å². The van der Waals surface area contributed by atoms with Crippen LogP contribution in [0, 0.1) is 11.6 Å². The molecule has 0 aliphatic heterocycles. The van der Waals surface area contributed by atoms with Crippen LogP contribution in [0.2, 0.25) is 0 Å². The van der Waals surface area contributed by atoms with Crippen molar-refractivity contribution in [1.82, 2.24) is 10.6 Å². The smallest absolute Gasteiger partial charge is 0.325 e. The van der Waals surface area contributed by atoms with E-state index in [4.69, 9.17) is 0 Å². The first-order valence-electron chi connectivity index (χ1n) is 8.78. The van der Waals surface area contributed by atoms with Crippen molar-refractivity contribution < 1.29 is 32.7 Å². The summed E-state index contributed by atoms with van der Waals surface area (Å²) in [5.74, 6) is -4.03. The predicted octanol–water partition coefficient (Wildman–Crippen LogP) is 1.63. The standard InChI is InChI=1S/C20H19F2N3O5/c1-30-18(27)11-24-19(28)12-2-5-14(6-3-12)25-17(26)8-9-23-20(29)15-7-4-13(21)10-16(15)22/h2-7,10H,8-9,11H2,1H3,(H,23,29)(H,24,28)(H,25,26). The third-order valence-electron chi connectivity index (χ3n) is 3.87. The highest BCUT2D eigenvalue weighted by molar-refractivity contribution is 5.97. The fraction of sp³-hybridized carbons (Fsp3) is 0.200. The summed E-state index contributed by atoms with van der Waals surface area (Å²) in [5.41, 5.74) is 0.379. The number of carbonyl (C=O) groups excluding carboxylic acids is 4. The van der Waals surface area contributed by atoms with Crippen LogP contribution in [0.5, 0.6) is 0 Å². The summed E-state index contributed by atoms with van der Waals surface area (Å²) in [6.07, 6.45) is -0.0874. The normalized spacial score (nSPS) is 10.1. The summed E-state index contributed by atoms with van der Waals surface area (Å²) in [6.45, 7) is -0.323. The van der Waals surface area contributed by atoms with Gasteiger partial charge < -0.3 is 20.7 Å². The molecular formula is C20H19F2N3O5. The highest BCUT2D eigenvalue weighted by Crippen LogP contribution is 2.11. The number of hydrogen-bond donors (Lipinski definition) is 3. The van der Waals surface area contributed by atoms with Gasteiger partial charge >= 0.3 is 5.97 Å². The Bertz CT molecular complexity index is 948. The van der Waals surface area contributed by atoms with E-state index < -0.39 is 35.3 Å². The van der Waals surface area contributed by atoms with Gasteiger partial charge in [0.2, 0.25) is 5.91 Å². The van der Waals surface area contributed by atoms with E-state index in [0.29, 0.717) is 11.8 Å². The maximum absolute atomic E-state index is 13.5. The molecule has 0 aromatic heterocycles. The van der Waals surface area contributed by atoms with Gasteiger partial charge in [0.25, 0.3) is 11.8 Å². The molecular weight excluding hydrogens is 400 g/mol. The van der Waals surface area contributed by atoms with Gasteiger partial charge in [-0.25, -0.2) is 8.78 Å². The fourth-order valence-electron chi connectivity index (χ4n) is 2.31. The van der Waals surface area contributed by atoms with Gasteiger partial charge in [0.15, 0.2) is 0 Å². The summed E-state index contributed by atoms with van der Waals surface area (Å²) in [4.78, 5) is 46.7. The van der Waals surface area contributed by atoms with E-state index in [2.05, 4.69) is 20.7 Å². The molecule has 3 N–H and O–H groups in total. The van der Waals surface area contributed by atoms with Crippen LogP contribution in [0.25, 0.3) is 0 Å². The van der Waals surface area contributed by atoms with Gasteiger partial charge in [0.05, 0.1) is 12.7 Å². The second-order valence-corrected chi connectivity index (χ2v) is 6.01. The summed E-state index contributed by atoms with van der Waals surface area (Å²) < 4.78 is 30.8. The number of benzene rings is 2. The molecule has 0 aliphatic carbocycles. The lowest BCUT2D eigenvalue weighted by molar-refractivity contribution is -0.139. The number of amides is 3. The van der Waals surface area contributed by atoms with Crippen molar-refractivity contribution >= 4 is 29.4 Å². The number of hydrogen-bond acceptors (Lipinski definition) is 5. The molecule has 2 aromatic carbocycles. The van der Waals surface area contributed by atoms with Gasteiger partial charge in [0, 0.05) is 30.3 Å². The number of anilines is 1. The molecule has 3 amide bonds. The van der Waals surface area contributed by atoms with Crippen LogP contribution in [0.1, 0.15) is 27.1 Å². The Morgan fingerprint density at radius 3 is 2.27 bits per heavy atom. The quantitative estimate of drug-likeness (QED) is 0.563. The largest absolute Gasteiger partial charge is 0.468 e. The molecule has 8 nitrogen and oxygen atoms in total. The van der Waals surface area contributed by atoms with Crippen LogP contribution >= 0.6 is 0 Å². The molecule has 0 atom stereocenters. The maximum Gasteiger partial charge on any atom is 0.325 e. The number of rotatable bonds is 8. The lowest BCUT2D eigenvalue weighted by Crippen LogP contribution is -2.30. The molecule has 0 unspecified atom stereocenters. The zero-order valence-corrected chi connectivity index (χ0v) is 16.0. The lowest BCUT2D eigenvalue weighted by atomic mass is 10.2. The topological polar surface area (TPSA) is 114 Å². The second kappa shape index (κ2) is 10.6. The van der Waals surface area contributed by atoms with E-state index >= 15 is 0 Å². The van der Waals surface area contributed by atoms with E-state index in [1.165, 1.54) is 31.4 Å². The summed E-state index contributed by atoms with van der Waals surface area (Å²) >= 11 is 0. The van der Waals surface area contributed by atoms with E-state index in [9.17, 15) is 28.0 Å². The molecule has 158 valence electrons. The van der Waals surface area contributed by atoms with Crippen molar-refractivity contribution in [2.75, 3.05) is 25.5 Å². The molecule has 30 heavy (non-hydrogen) atoms. The Kier molecular flexibility index (Phi) is 7.98. The predicted molar refractivity (Wildman–Crippen MR) is 103 cm³/mol. The van der Waals surface area contributed by atoms with Crippen LogP contribution in [0.4, 0.5) is 14.5 Å². The lowest BCUT2D eigenvalue weighted by Gasteiger charge is -2.08. The SMILES string of the molecule is COC(=O)CNC(=O)c1ccc(NC(=O)CCNC(=O)c2ccc(F)cc2F)cc1. The summed E-state index contributed by atoms with van der Waals surface area (Å²) in [6, 6.07) is 8.49. The highest BCUT2D eigenvalue weighted by Gasteiger charge is 2.13. The third-order valence-corrected chi connectivity index (χ3v) is 3.87. The molecule has 10 heteroatoms. The summed E-state index contributed by atoms with van der Waals surface area (Å²) in [7, 11) is 1.21. The van der Waals surface area contributed by atoms with Crippen LogP contribution < -0.4 is 16.0 Å². The molecule has 0 radical (unpaired) electrons. The van der Waals surface area contributed by atoms with Gasteiger partial charge in [-0.05, 0) is 36.4 Å². The number of carbonyl (C=O) groups is 4. The number of methoxy groups -OCH3 is 1. The Morgan fingerprint density at radius 2 is 1.63 bits per heavy atom. The summed E-state index contributed by atoms with van der Waals surface area (Å²) in [5, 5.41) is 7.34. The fourth-order valence-corrected chi connectivity index (χ4v) is 2.31. The van der Waals surface area contributed by atoms with Gasteiger partial charge in [-0.2, -0.15) is 0 Å². The molecule has 2 rings (SSSR count). The molecule has 0 bridgehead atoms. The zero-order chi connectivity index (χ0) is 22.1. The minimum Gasteiger partial charge on any atom is -0.468 e. The van der Waals surface area contributed by atoms with Gasteiger partial charge in [-0.3, -0.25) is 19.2 Å².